The van der Waals surface area contributed by atoms with Crippen LogP contribution in [0.3, 0.4) is 0 Å². The number of carbonyl (C=O) groups excluding carboxylic acids is 2. The van der Waals surface area contributed by atoms with Crippen LogP contribution in [0.4, 0.5) is 13.2 Å². The lowest BCUT2D eigenvalue weighted by atomic mass is 10.1. The lowest BCUT2D eigenvalue weighted by Crippen LogP contribution is -2.39. The summed E-state index contributed by atoms with van der Waals surface area (Å²) in [5.74, 6) is -1.10. The Hall–Kier alpha value is -2.31. The van der Waals surface area contributed by atoms with Gasteiger partial charge in [-0.15, -0.1) is 0 Å². The largest absolute Gasteiger partial charge is 0.416 e. The van der Waals surface area contributed by atoms with Crippen LogP contribution in [0, 0.1) is 0 Å². The fourth-order valence-corrected chi connectivity index (χ4v) is 1.18. The molecule has 0 aliphatic heterocycles. The number of carbonyl (C=O) groups is 2. The van der Waals surface area contributed by atoms with Crippen molar-refractivity contribution in [3.05, 3.63) is 41.5 Å². The van der Waals surface area contributed by atoms with Gasteiger partial charge in [0.05, 0.1) is 5.56 Å². The molecule has 2 N–H and O–H groups in total. The highest BCUT2D eigenvalue weighted by molar-refractivity contribution is 5.92. The first-order chi connectivity index (χ1) is 8.79. The van der Waals surface area contributed by atoms with E-state index in [0.717, 1.165) is 18.2 Å². The zero-order valence-electron chi connectivity index (χ0n) is 9.91. The molecule has 102 valence electrons. The minimum absolute atomic E-state index is 0.229. The van der Waals surface area contributed by atoms with Gasteiger partial charge in [0.2, 0.25) is 5.91 Å². The molecule has 2 amide bonds. The van der Waals surface area contributed by atoms with Crippen molar-refractivity contribution in [2.45, 2.75) is 13.1 Å². The molecule has 0 fully saturated rings. The van der Waals surface area contributed by atoms with Gasteiger partial charge in [-0.1, -0.05) is 12.1 Å². The predicted molar refractivity (Wildman–Crippen MR) is 62.4 cm³/mol. The minimum Gasteiger partial charge on any atom is -0.274 e. The average molecular weight is 272 g/mol. The summed E-state index contributed by atoms with van der Waals surface area (Å²) in [6.07, 6.45) is -2.19. The normalized spacial score (nSPS) is 11.4. The van der Waals surface area contributed by atoms with Crippen molar-refractivity contribution in [1.29, 1.82) is 0 Å². The standard InChI is InChI=1S/C12H11F3N2O2/c1-8(18)16-17-11(19)6-5-9-3-2-4-10(7-9)12(13,14)15/h2-7H,1H3,(H,16,18)(H,17,19)/b6-5+. The molecule has 0 unspecified atom stereocenters. The molecule has 4 nitrogen and oxygen atoms in total. The maximum absolute atomic E-state index is 12.4. The van der Waals surface area contributed by atoms with Gasteiger partial charge >= 0.3 is 6.18 Å². The maximum Gasteiger partial charge on any atom is 0.416 e. The van der Waals surface area contributed by atoms with E-state index in [2.05, 4.69) is 0 Å². The number of amides is 2. The topological polar surface area (TPSA) is 58.2 Å². The van der Waals surface area contributed by atoms with Crippen molar-refractivity contribution in [2.24, 2.45) is 0 Å². The molecule has 7 heteroatoms. The van der Waals surface area contributed by atoms with Gasteiger partial charge in [0, 0.05) is 13.0 Å². The Balaban J connectivity index is 2.72. The summed E-state index contributed by atoms with van der Waals surface area (Å²) in [4.78, 5) is 21.7. The van der Waals surface area contributed by atoms with Crippen molar-refractivity contribution in [3.63, 3.8) is 0 Å². The van der Waals surface area contributed by atoms with Crippen LogP contribution in [-0.2, 0) is 15.8 Å². The van der Waals surface area contributed by atoms with Gasteiger partial charge in [-0.3, -0.25) is 20.4 Å². The average Bonchev–Trinajstić information content (AvgIpc) is 2.33. The second kappa shape index (κ2) is 6.03. The number of hydrogen-bond donors (Lipinski definition) is 2. The maximum atomic E-state index is 12.4. The Morgan fingerprint density at radius 1 is 1.21 bits per heavy atom. The highest BCUT2D eigenvalue weighted by atomic mass is 19.4. The lowest BCUT2D eigenvalue weighted by Gasteiger charge is -2.06. The summed E-state index contributed by atoms with van der Waals surface area (Å²) in [6.45, 7) is 1.21. The van der Waals surface area contributed by atoms with Crippen molar-refractivity contribution in [1.82, 2.24) is 10.9 Å². The fourth-order valence-electron chi connectivity index (χ4n) is 1.18. The van der Waals surface area contributed by atoms with E-state index in [9.17, 15) is 22.8 Å². The lowest BCUT2D eigenvalue weighted by molar-refractivity contribution is -0.137. The third-order valence-corrected chi connectivity index (χ3v) is 2.00. The molecule has 0 radical (unpaired) electrons. The zero-order chi connectivity index (χ0) is 14.5. The second-order valence-corrected chi connectivity index (χ2v) is 3.63. The fraction of sp³-hybridized carbons (Fsp3) is 0.167. The van der Waals surface area contributed by atoms with Gasteiger partial charge in [-0.25, -0.2) is 0 Å². The first-order valence-corrected chi connectivity index (χ1v) is 5.21. The van der Waals surface area contributed by atoms with E-state index in [1.165, 1.54) is 25.1 Å². The summed E-state index contributed by atoms with van der Waals surface area (Å²) >= 11 is 0. The molecular weight excluding hydrogens is 261 g/mol. The molecule has 0 aliphatic rings. The van der Waals surface area contributed by atoms with Crippen LogP contribution in [0.1, 0.15) is 18.1 Å². The monoisotopic (exact) mass is 272 g/mol. The van der Waals surface area contributed by atoms with Crippen LogP contribution in [0.2, 0.25) is 0 Å². The number of nitrogens with one attached hydrogen (secondary N) is 2. The molecular formula is C12H11F3N2O2. The minimum atomic E-state index is -4.43. The Morgan fingerprint density at radius 3 is 2.47 bits per heavy atom. The van der Waals surface area contributed by atoms with Gasteiger partial charge in [0.25, 0.3) is 5.91 Å². The molecule has 0 aliphatic carbocycles. The summed E-state index contributed by atoms with van der Waals surface area (Å²) in [5.41, 5.74) is 3.53. The molecule has 1 rings (SSSR count). The van der Waals surface area contributed by atoms with E-state index in [1.807, 2.05) is 10.9 Å². The van der Waals surface area contributed by atoms with Gasteiger partial charge < -0.3 is 0 Å². The number of hydrazine groups is 1. The molecule has 0 spiro atoms. The van der Waals surface area contributed by atoms with E-state index < -0.39 is 23.6 Å². The van der Waals surface area contributed by atoms with Crippen LogP contribution in [0.25, 0.3) is 6.08 Å². The molecule has 0 saturated heterocycles. The van der Waals surface area contributed by atoms with Crippen molar-refractivity contribution in [2.75, 3.05) is 0 Å². The first-order valence-electron chi connectivity index (χ1n) is 5.21. The number of rotatable bonds is 2. The molecule has 0 saturated carbocycles. The van der Waals surface area contributed by atoms with Gasteiger partial charge in [0.15, 0.2) is 0 Å². The van der Waals surface area contributed by atoms with E-state index in [4.69, 9.17) is 0 Å². The highest BCUT2D eigenvalue weighted by Crippen LogP contribution is 2.29. The number of alkyl halides is 3. The molecule has 0 heterocycles. The van der Waals surface area contributed by atoms with E-state index in [1.54, 1.807) is 0 Å². The summed E-state index contributed by atoms with van der Waals surface area (Å²) < 4.78 is 37.3. The van der Waals surface area contributed by atoms with Crippen molar-refractivity contribution >= 4 is 17.9 Å². The van der Waals surface area contributed by atoms with Crippen LogP contribution in [0.15, 0.2) is 30.3 Å². The van der Waals surface area contributed by atoms with E-state index in [-0.39, 0.29) is 5.56 Å². The molecule has 0 aromatic heterocycles. The van der Waals surface area contributed by atoms with Crippen LogP contribution in [0.5, 0.6) is 0 Å². The molecule has 1 aromatic rings. The van der Waals surface area contributed by atoms with Gasteiger partial charge in [0.1, 0.15) is 0 Å². The zero-order valence-corrected chi connectivity index (χ0v) is 9.91. The van der Waals surface area contributed by atoms with Gasteiger partial charge in [-0.05, 0) is 23.8 Å². The highest BCUT2D eigenvalue weighted by Gasteiger charge is 2.30. The van der Waals surface area contributed by atoms with Crippen LogP contribution in [-0.4, -0.2) is 11.8 Å². The number of benzene rings is 1. The Morgan fingerprint density at radius 2 is 1.89 bits per heavy atom. The van der Waals surface area contributed by atoms with E-state index >= 15 is 0 Å². The molecule has 0 bridgehead atoms. The second-order valence-electron chi connectivity index (χ2n) is 3.63. The van der Waals surface area contributed by atoms with Gasteiger partial charge in [-0.2, -0.15) is 13.2 Å². The van der Waals surface area contributed by atoms with Crippen LogP contribution < -0.4 is 10.9 Å². The molecule has 0 atom stereocenters. The Bertz CT molecular complexity index is 510. The van der Waals surface area contributed by atoms with Crippen LogP contribution >= 0.6 is 0 Å². The summed E-state index contributed by atoms with van der Waals surface area (Å²) in [6, 6.07) is 4.53. The molecule has 19 heavy (non-hydrogen) atoms. The Kier molecular flexibility index (Phi) is 4.68. The quantitative estimate of drug-likeness (QED) is 0.638. The third kappa shape index (κ3) is 5.24. The summed E-state index contributed by atoms with van der Waals surface area (Å²) in [5, 5.41) is 0. The van der Waals surface area contributed by atoms with Crippen molar-refractivity contribution < 1.29 is 22.8 Å². The SMILES string of the molecule is CC(=O)NNC(=O)/C=C/c1cccc(C(F)(F)F)c1. The first kappa shape index (κ1) is 14.7. The van der Waals surface area contributed by atoms with Crippen molar-refractivity contribution in [3.8, 4) is 0 Å². The number of halogens is 3. The summed E-state index contributed by atoms with van der Waals surface area (Å²) in [7, 11) is 0. The smallest absolute Gasteiger partial charge is 0.274 e. The molecule has 1 aromatic carbocycles. The van der Waals surface area contributed by atoms with E-state index in [0.29, 0.717) is 0 Å². The predicted octanol–water partition coefficient (Wildman–Crippen LogP) is 1.89. The third-order valence-electron chi connectivity index (χ3n) is 2.00. The Labute approximate surface area is 107 Å². The number of hydrogen-bond acceptors (Lipinski definition) is 2.